The summed E-state index contributed by atoms with van der Waals surface area (Å²) >= 11 is 6.47. The number of hydrogen-bond donors (Lipinski definition) is 2. The zero-order valence-corrected chi connectivity index (χ0v) is 9.74. The van der Waals surface area contributed by atoms with Crippen LogP contribution in [0.2, 0.25) is 5.02 Å². The first-order chi connectivity index (χ1) is 7.54. The molecule has 0 aliphatic rings. The minimum atomic E-state index is -1.81. The monoisotopic (exact) mass is 263 g/mol. The first kappa shape index (κ1) is 13.2. The van der Waals surface area contributed by atoms with Gasteiger partial charge in [-0.1, -0.05) is 11.6 Å². The summed E-state index contributed by atoms with van der Waals surface area (Å²) in [5, 5.41) is 29.3. The van der Waals surface area contributed by atoms with E-state index in [4.69, 9.17) is 21.8 Å². The number of benzene rings is 1. The number of aliphatic hydroxyl groups is 2. The molecule has 0 unspecified atom stereocenters. The molecule has 16 heavy (non-hydrogen) atoms. The zero-order valence-electron chi connectivity index (χ0n) is 8.17. The van der Waals surface area contributed by atoms with Crippen LogP contribution in [-0.4, -0.2) is 33.2 Å². The maximum absolute atomic E-state index is 10.8. The third kappa shape index (κ3) is 2.85. The Morgan fingerprint density at radius 1 is 1.31 bits per heavy atom. The fourth-order valence-corrected chi connectivity index (χ4v) is 2.03. The number of rotatable bonds is 5. The molecule has 1 rings (SSSR count). The molecule has 1 aromatic rings. The highest BCUT2D eigenvalue weighted by atomic mass is 35.5. The minimum Gasteiger partial charge on any atom is -0.388 e. The van der Waals surface area contributed by atoms with Gasteiger partial charge in [0.15, 0.2) is 0 Å². The third-order valence-corrected chi connectivity index (χ3v) is 3.50. The van der Waals surface area contributed by atoms with Crippen LogP contribution in [0.1, 0.15) is 0 Å². The summed E-state index contributed by atoms with van der Waals surface area (Å²) in [5.74, 6) is 0. The molecule has 0 atom stereocenters. The van der Waals surface area contributed by atoms with Crippen LogP contribution in [0.5, 0.6) is 0 Å². The van der Waals surface area contributed by atoms with Crippen molar-refractivity contribution in [2.45, 2.75) is 9.77 Å². The summed E-state index contributed by atoms with van der Waals surface area (Å²) in [6.45, 7) is -1.49. The first-order valence-corrected chi connectivity index (χ1v) is 5.54. The largest absolute Gasteiger partial charge is 0.388 e. The van der Waals surface area contributed by atoms with Gasteiger partial charge in [-0.05, 0) is 36.0 Å². The lowest BCUT2D eigenvalue weighted by Crippen LogP contribution is -2.42. The molecule has 5 nitrogen and oxygen atoms in total. The Labute approximate surface area is 101 Å². The quantitative estimate of drug-likeness (QED) is 0.363. The SMILES string of the molecule is O=[N+]([O-])C(CO)(CO)Sc1ccc(Cl)cc1. The topological polar surface area (TPSA) is 83.6 Å². The second-order valence-electron chi connectivity index (χ2n) is 3.08. The Kier molecular flexibility index (Phi) is 4.55. The van der Waals surface area contributed by atoms with Crippen LogP contribution < -0.4 is 0 Å². The van der Waals surface area contributed by atoms with Gasteiger partial charge in [-0.2, -0.15) is 0 Å². The highest BCUT2D eigenvalue weighted by molar-refractivity contribution is 8.00. The normalized spacial score (nSPS) is 11.4. The van der Waals surface area contributed by atoms with Crippen molar-refractivity contribution in [2.24, 2.45) is 0 Å². The molecule has 0 aliphatic carbocycles. The standard InChI is InChI=1S/C9H10ClNO4S/c10-7-1-3-8(4-2-7)16-9(5-12,6-13)11(14)15/h1-4,12-13H,5-6H2. The lowest BCUT2D eigenvalue weighted by Gasteiger charge is -2.19. The molecule has 1 aromatic carbocycles. The molecule has 0 spiro atoms. The molecule has 2 N–H and O–H groups in total. The van der Waals surface area contributed by atoms with Crippen LogP contribution in [0.4, 0.5) is 0 Å². The number of halogens is 1. The van der Waals surface area contributed by atoms with Gasteiger partial charge in [0.1, 0.15) is 13.2 Å². The fraction of sp³-hybridized carbons (Fsp3) is 0.333. The van der Waals surface area contributed by atoms with E-state index in [1.54, 1.807) is 24.3 Å². The Morgan fingerprint density at radius 3 is 2.19 bits per heavy atom. The highest BCUT2D eigenvalue weighted by Crippen LogP contribution is 2.33. The number of aliphatic hydroxyl groups excluding tert-OH is 2. The maximum Gasteiger partial charge on any atom is 0.316 e. The molecule has 0 saturated heterocycles. The molecule has 88 valence electrons. The fourth-order valence-electron chi connectivity index (χ4n) is 0.989. The lowest BCUT2D eigenvalue weighted by molar-refractivity contribution is -0.545. The van der Waals surface area contributed by atoms with Crippen molar-refractivity contribution in [3.63, 3.8) is 0 Å². The van der Waals surface area contributed by atoms with E-state index in [9.17, 15) is 10.1 Å². The molecule has 0 radical (unpaired) electrons. The van der Waals surface area contributed by atoms with Crippen molar-refractivity contribution in [1.29, 1.82) is 0 Å². The van der Waals surface area contributed by atoms with Crippen LogP contribution >= 0.6 is 23.4 Å². The van der Waals surface area contributed by atoms with Crippen LogP contribution in [0.3, 0.4) is 0 Å². The van der Waals surface area contributed by atoms with Crippen molar-refractivity contribution in [2.75, 3.05) is 13.2 Å². The summed E-state index contributed by atoms with van der Waals surface area (Å²) in [6, 6.07) is 6.36. The average Bonchev–Trinajstić information content (AvgIpc) is 2.28. The van der Waals surface area contributed by atoms with E-state index in [1.807, 2.05) is 0 Å². The predicted molar refractivity (Wildman–Crippen MR) is 61.2 cm³/mol. The lowest BCUT2D eigenvalue weighted by atomic mass is 10.3. The molecular formula is C9H10ClNO4S. The summed E-state index contributed by atoms with van der Waals surface area (Å²) in [7, 11) is 0. The molecular weight excluding hydrogens is 254 g/mol. The molecule has 0 fully saturated rings. The summed E-state index contributed by atoms with van der Waals surface area (Å²) in [6.07, 6.45) is 0. The van der Waals surface area contributed by atoms with E-state index >= 15 is 0 Å². The zero-order chi connectivity index (χ0) is 12.2. The molecule has 0 bridgehead atoms. The Balaban J connectivity index is 2.91. The van der Waals surface area contributed by atoms with Gasteiger partial charge in [-0.25, -0.2) is 0 Å². The van der Waals surface area contributed by atoms with E-state index in [0.29, 0.717) is 9.92 Å². The summed E-state index contributed by atoms with van der Waals surface area (Å²) in [4.78, 5) is 8.85. The smallest absolute Gasteiger partial charge is 0.316 e. The van der Waals surface area contributed by atoms with Crippen LogP contribution in [0, 0.1) is 10.1 Å². The van der Waals surface area contributed by atoms with Crippen molar-refractivity contribution in [3.8, 4) is 0 Å². The van der Waals surface area contributed by atoms with Crippen LogP contribution in [0.25, 0.3) is 0 Å². The molecule has 0 aliphatic heterocycles. The minimum absolute atomic E-state index is 0.518. The number of thioether (sulfide) groups is 1. The Hall–Kier alpha value is -0.820. The van der Waals surface area contributed by atoms with E-state index in [-0.39, 0.29) is 0 Å². The van der Waals surface area contributed by atoms with Gasteiger partial charge in [0.05, 0.1) is 0 Å². The van der Waals surface area contributed by atoms with Gasteiger partial charge in [0, 0.05) is 14.8 Å². The maximum atomic E-state index is 10.8. The Bertz CT molecular complexity index is 366. The van der Waals surface area contributed by atoms with Gasteiger partial charge in [-0.15, -0.1) is 0 Å². The van der Waals surface area contributed by atoms with Gasteiger partial charge < -0.3 is 10.2 Å². The van der Waals surface area contributed by atoms with E-state index < -0.39 is 23.0 Å². The van der Waals surface area contributed by atoms with E-state index in [0.717, 1.165) is 11.8 Å². The third-order valence-electron chi connectivity index (χ3n) is 1.95. The van der Waals surface area contributed by atoms with Crippen molar-refractivity contribution in [1.82, 2.24) is 0 Å². The summed E-state index contributed by atoms with van der Waals surface area (Å²) in [5.41, 5.74) is 0. The van der Waals surface area contributed by atoms with Crippen molar-refractivity contribution >= 4 is 23.4 Å². The highest BCUT2D eigenvalue weighted by Gasteiger charge is 2.43. The van der Waals surface area contributed by atoms with Crippen LogP contribution in [-0.2, 0) is 0 Å². The van der Waals surface area contributed by atoms with Gasteiger partial charge in [0.25, 0.3) is 0 Å². The Morgan fingerprint density at radius 2 is 1.81 bits per heavy atom. The number of nitrogens with zero attached hydrogens (tertiary/aromatic N) is 1. The van der Waals surface area contributed by atoms with E-state index in [2.05, 4.69) is 0 Å². The van der Waals surface area contributed by atoms with E-state index in [1.165, 1.54) is 0 Å². The molecule has 0 amide bonds. The van der Waals surface area contributed by atoms with Crippen molar-refractivity contribution in [3.05, 3.63) is 39.4 Å². The average molecular weight is 264 g/mol. The first-order valence-electron chi connectivity index (χ1n) is 4.35. The molecule has 0 aromatic heterocycles. The van der Waals surface area contributed by atoms with Crippen LogP contribution in [0.15, 0.2) is 29.2 Å². The van der Waals surface area contributed by atoms with Gasteiger partial charge in [0.2, 0.25) is 0 Å². The second kappa shape index (κ2) is 5.49. The molecule has 7 heteroatoms. The number of nitro groups is 1. The molecule has 0 heterocycles. The second-order valence-corrected chi connectivity index (χ2v) is 4.95. The molecule has 0 saturated carbocycles. The van der Waals surface area contributed by atoms with Crippen molar-refractivity contribution < 1.29 is 15.1 Å². The van der Waals surface area contributed by atoms with Gasteiger partial charge in [-0.3, -0.25) is 10.1 Å². The van der Waals surface area contributed by atoms with Gasteiger partial charge >= 0.3 is 4.87 Å². The predicted octanol–water partition coefficient (Wildman–Crippen LogP) is 1.39. The summed E-state index contributed by atoms with van der Waals surface area (Å²) < 4.78 is 0. The number of hydrogen-bond acceptors (Lipinski definition) is 5.